The van der Waals surface area contributed by atoms with Crippen LogP contribution in [0, 0.1) is 17.8 Å². The number of nitrogens with one attached hydrogen (secondary N) is 1. The van der Waals surface area contributed by atoms with Crippen molar-refractivity contribution >= 4 is 32.9 Å². The molecule has 1 atom stereocenters. The van der Waals surface area contributed by atoms with Gasteiger partial charge in [0.1, 0.15) is 5.84 Å². The van der Waals surface area contributed by atoms with E-state index in [2.05, 4.69) is 35.5 Å². The maximum atomic E-state index is 9.64. The van der Waals surface area contributed by atoms with Crippen molar-refractivity contribution in [3.05, 3.63) is 29.1 Å². The summed E-state index contributed by atoms with van der Waals surface area (Å²) in [5, 5.41) is 10.9. The molecular weight excluding hydrogens is 318 g/mol. The highest BCUT2D eigenvalue weighted by atomic mass is 32.1. The van der Waals surface area contributed by atoms with E-state index in [9.17, 15) is 5.21 Å². The second-order valence-electron chi connectivity index (χ2n) is 7.94. The lowest BCUT2D eigenvalue weighted by Gasteiger charge is -2.44. The van der Waals surface area contributed by atoms with Crippen molar-refractivity contribution < 1.29 is 5.21 Å². The lowest BCUT2D eigenvalue weighted by atomic mass is 9.77. The van der Waals surface area contributed by atoms with E-state index in [1.807, 2.05) is 17.4 Å². The Morgan fingerprint density at radius 1 is 1.33 bits per heavy atom. The van der Waals surface area contributed by atoms with E-state index in [0.29, 0.717) is 16.7 Å². The van der Waals surface area contributed by atoms with Gasteiger partial charge in [0.05, 0.1) is 5.69 Å². The first-order valence-corrected chi connectivity index (χ1v) is 9.63. The number of amidine groups is 1. The van der Waals surface area contributed by atoms with Crippen LogP contribution in [0.3, 0.4) is 0 Å². The topological polar surface area (TPSA) is 47.9 Å². The summed E-state index contributed by atoms with van der Waals surface area (Å²) in [5.41, 5.74) is 4.20. The van der Waals surface area contributed by atoms with Gasteiger partial charge in [0.25, 0.3) is 0 Å². The quantitative estimate of drug-likeness (QED) is 0.502. The van der Waals surface area contributed by atoms with Crippen LogP contribution in [-0.4, -0.2) is 35.6 Å². The highest BCUT2D eigenvalue weighted by Crippen LogP contribution is 2.73. The molecule has 3 aliphatic heterocycles. The summed E-state index contributed by atoms with van der Waals surface area (Å²) in [5.74, 6) is 0.715. The van der Waals surface area contributed by atoms with Crippen LogP contribution in [0.4, 0.5) is 5.69 Å². The smallest absolute Gasteiger partial charge is 0.126 e. The van der Waals surface area contributed by atoms with Crippen LogP contribution in [0.15, 0.2) is 29.3 Å². The summed E-state index contributed by atoms with van der Waals surface area (Å²) >= 11 is 1.81. The molecule has 2 aromatic rings. The summed E-state index contributed by atoms with van der Waals surface area (Å²) in [7, 11) is 0. The van der Waals surface area contributed by atoms with Gasteiger partial charge in [-0.1, -0.05) is 0 Å². The van der Waals surface area contributed by atoms with Crippen molar-refractivity contribution in [1.82, 2.24) is 10.4 Å². The first-order chi connectivity index (χ1) is 11.6. The standard InChI is InChI=1S/C19H23N3OS/c1-13-8-14-9-15(2-3-16(14)24-13)20-17(21-23)10-19-11-18(19)4-6-22(12-19)7-5-18/h2-3,8-9,23H,4-7,10-12H2,1H3,(H,20,21)/t19-/m0/s1. The predicted octanol–water partition coefficient (Wildman–Crippen LogP) is 4.09. The zero-order valence-electron chi connectivity index (χ0n) is 14.0. The Morgan fingerprint density at radius 3 is 2.92 bits per heavy atom. The van der Waals surface area contributed by atoms with E-state index in [-0.39, 0.29) is 0 Å². The SMILES string of the molecule is Cc1cc2cc(N=C(C[C@]34CN5CCC3(CC5)C4)NO)ccc2s1. The lowest BCUT2D eigenvalue weighted by Crippen LogP contribution is -2.48. The number of aryl methyl sites for hydroxylation is 1. The zero-order valence-corrected chi connectivity index (χ0v) is 14.8. The van der Waals surface area contributed by atoms with Gasteiger partial charge in [0.15, 0.2) is 0 Å². The second kappa shape index (κ2) is 5.04. The van der Waals surface area contributed by atoms with Crippen LogP contribution in [0.1, 0.15) is 30.6 Å². The van der Waals surface area contributed by atoms with Gasteiger partial charge in [0, 0.05) is 22.5 Å². The third-order valence-corrected chi connectivity index (χ3v) is 7.57. The van der Waals surface area contributed by atoms with Crippen LogP contribution >= 0.6 is 11.3 Å². The Morgan fingerprint density at radius 2 is 2.17 bits per heavy atom. The Bertz CT molecular complexity index is 834. The third-order valence-electron chi connectivity index (χ3n) is 6.54. The molecule has 1 aliphatic carbocycles. The number of thiophene rings is 1. The fraction of sp³-hybridized carbons (Fsp3) is 0.526. The number of benzene rings is 1. The fourth-order valence-corrected chi connectivity index (χ4v) is 6.13. The Labute approximate surface area is 146 Å². The molecule has 24 heavy (non-hydrogen) atoms. The maximum Gasteiger partial charge on any atom is 0.126 e. The van der Waals surface area contributed by atoms with Crippen molar-refractivity contribution in [1.29, 1.82) is 0 Å². The highest BCUT2D eigenvalue weighted by Gasteiger charge is 2.70. The van der Waals surface area contributed by atoms with Crippen molar-refractivity contribution in [2.75, 3.05) is 19.6 Å². The molecule has 5 heteroatoms. The van der Waals surface area contributed by atoms with Gasteiger partial charge in [-0.2, -0.15) is 0 Å². The molecule has 0 amide bonds. The average molecular weight is 341 g/mol. The molecular formula is C19H23N3OS. The molecule has 0 radical (unpaired) electrons. The van der Waals surface area contributed by atoms with Gasteiger partial charge >= 0.3 is 0 Å². The first-order valence-electron chi connectivity index (χ1n) is 8.82. The van der Waals surface area contributed by atoms with E-state index >= 15 is 0 Å². The average Bonchev–Trinajstić information content (AvgIpc) is 3.10. The Kier molecular flexibility index (Phi) is 3.12. The van der Waals surface area contributed by atoms with Crippen molar-refractivity contribution in [3.63, 3.8) is 0 Å². The first kappa shape index (κ1) is 14.9. The minimum Gasteiger partial charge on any atom is -0.303 e. The van der Waals surface area contributed by atoms with Gasteiger partial charge in [-0.05, 0) is 79.8 Å². The highest BCUT2D eigenvalue weighted by molar-refractivity contribution is 7.19. The van der Waals surface area contributed by atoms with Crippen LogP contribution < -0.4 is 5.48 Å². The van der Waals surface area contributed by atoms with E-state index < -0.39 is 0 Å². The maximum absolute atomic E-state index is 9.64. The normalized spacial score (nSPS) is 34.4. The number of rotatable bonds is 3. The number of hydrogen-bond acceptors (Lipinski definition) is 4. The lowest BCUT2D eigenvalue weighted by molar-refractivity contribution is 0.0529. The fourth-order valence-electron chi connectivity index (χ4n) is 5.22. The van der Waals surface area contributed by atoms with Crippen LogP contribution in [0.5, 0.6) is 0 Å². The van der Waals surface area contributed by atoms with Gasteiger partial charge in [-0.25, -0.2) is 4.99 Å². The monoisotopic (exact) mass is 341 g/mol. The molecule has 3 saturated heterocycles. The van der Waals surface area contributed by atoms with E-state index in [4.69, 9.17) is 4.99 Å². The van der Waals surface area contributed by atoms with E-state index in [1.54, 1.807) is 0 Å². The Balaban J connectivity index is 1.42. The molecule has 4 heterocycles. The predicted molar refractivity (Wildman–Crippen MR) is 98.4 cm³/mol. The summed E-state index contributed by atoms with van der Waals surface area (Å²) in [6, 6.07) is 8.50. The number of piperidine rings is 3. The molecule has 0 unspecified atom stereocenters. The molecule has 2 bridgehead atoms. The van der Waals surface area contributed by atoms with Gasteiger partial charge < -0.3 is 4.90 Å². The second-order valence-corrected chi connectivity index (χ2v) is 9.23. The van der Waals surface area contributed by atoms with Crippen molar-refractivity contribution in [3.8, 4) is 0 Å². The zero-order chi connectivity index (χ0) is 16.4. The molecule has 4 fully saturated rings. The minimum atomic E-state index is 0.348. The number of aliphatic imine (C=N–C) groups is 1. The van der Waals surface area contributed by atoms with Crippen LogP contribution in [0.25, 0.3) is 10.1 Å². The van der Waals surface area contributed by atoms with Gasteiger partial charge in [0.2, 0.25) is 0 Å². The van der Waals surface area contributed by atoms with Gasteiger partial charge in [-0.15, -0.1) is 11.3 Å². The number of hydrogen-bond donors (Lipinski definition) is 2. The number of hydroxylamine groups is 1. The van der Waals surface area contributed by atoms with Gasteiger partial charge in [-0.3, -0.25) is 10.7 Å². The minimum absolute atomic E-state index is 0.348. The van der Waals surface area contributed by atoms with E-state index in [1.165, 1.54) is 53.9 Å². The summed E-state index contributed by atoms with van der Waals surface area (Å²) in [4.78, 5) is 8.63. The molecule has 1 spiro atoms. The Hall–Kier alpha value is -1.43. The molecule has 4 nitrogen and oxygen atoms in total. The van der Waals surface area contributed by atoms with Crippen molar-refractivity contribution in [2.45, 2.75) is 32.6 Å². The summed E-state index contributed by atoms with van der Waals surface area (Å²) < 4.78 is 1.29. The molecule has 6 rings (SSSR count). The van der Waals surface area contributed by atoms with Crippen molar-refractivity contribution in [2.24, 2.45) is 15.8 Å². The van der Waals surface area contributed by atoms with Crippen LogP contribution in [0.2, 0.25) is 0 Å². The molecule has 1 saturated carbocycles. The number of fused-ring (bicyclic) bond motifs is 3. The molecule has 4 aliphatic rings. The molecule has 1 aromatic carbocycles. The number of nitrogens with zero attached hydrogens (tertiary/aromatic N) is 2. The summed E-state index contributed by atoms with van der Waals surface area (Å²) in [6.45, 7) is 5.83. The van der Waals surface area contributed by atoms with Crippen LogP contribution in [-0.2, 0) is 0 Å². The molecule has 126 valence electrons. The summed E-state index contributed by atoms with van der Waals surface area (Å²) in [6.07, 6.45) is 4.82. The van der Waals surface area contributed by atoms with E-state index in [0.717, 1.165) is 12.1 Å². The molecule has 1 aromatic heterocycles. The third kappa shape index (κ3) is 2.15. The largest absolute Gasteiger partial charge is 0.303 e. The molecule has 2 N–H and O–H groups in total.